The Balaban J connectivity index is 1.12. The van der Waals surface area contributed by atoms with Crippen molar-refractivity contribution in [1.82, 2.24) is 15.5 Å². The summed E-state index contributed by atoms with van der Waals surface area (Å²) >= 11 is 0. The molecule has 1 heterocycles. The summed E-state index contributed by atoms with van der Waals surface area (Å²) in [6, 6.07) is 0. The van der Waals surface area contributed by atoms with Gasteiger partial charge in [-0.3, -0.25) is 24.1 Å². The molecule has 0 bridgehead atoms. The molecule has 0 aromatic heterocycles. The molecule has 0 radical (unpaired) electrons. The van der Waals surface area contributed by atoms with Crippen LogP contribution in [0.5, 0.6) is 0 Å². The number of ketones is 2. The SMILES string of the molecule is C[C@]12CCC(=O)C=C1CC[C@H]1[C@@H]2[C@@H](O)C[C@]2(C)[C@H]1CC[C@]2(O)C(=O)COC(=O)CCC(=O)NCCCN1CCNC1. The fourth-order valence-electron chi connectivity index (χ4n) is 9.07. The van der Waals surface area contributed by atoms with Gasteiger partial charge in [0.25, 0.3) is 0 Å². The highest BCUT2D eigenvalue weighted by molar-refractivity contribution is 5.92. The maximum absolute atomic E-state index is 13.4. The number of fused-ring (bicyclic) bond motifs is 5. The first kappa shape index (κ1) is 30.3. The first-order valence-corrected chi connectivity index (χ1v) is 15.5. The van der Waals surface area contributed by atoms with Crippen LogP contribution in [0.3, 0.4) is 0 Å². The molecule has 4 N–H and O–H groups in total. The van der Waals surface area contributed by atoms with Gasteiger partial charge in [-0.05, 0) is 74.2 Å². The van der Waals surface area contributed by atoms with Crippen LogP contribution in [-0.2, 0) is 23.9 Å². The van der Waals surface area contributed by atoms with E-state index in [1.807, 2.05) is 6.92 Å². The molecule has 0 spiro atoms. The minimum Gasteiger partial charge on any atom is -0.458 e. The average molecular weight is 574 g/mol. The van der Waals surface area contributed by atoms with Crippen LogP contribution in [0.25, 0.3) is 0 Å². The maximum atomic E-state index is 13.4. The van der Waals surface area contributed by atoms with Crippen molar-refractivity contribution in [3.05, 3.63) is 11.6 Å². The molecule has 228 valence electrons. The first-order valence-electron chi connectivity index (χ1n) is 15.5. The van der Waals surface area contributed by atoms with E-state index in [1.165, 1.54) is 0 Å². The maximum Gasteiger partial charge on any atom is 0.306 e. The second-order valence-corrected chi connectivity index (χ2v) is 13.5. The Morgan fingerprint density at radius 2 is 1.98 bits per heavy atom. The van der Waals surface area contributed by atoms with Crippen molar-refractivity contribution < 1.29 is 34.1 Å². The Hall–Kier alpha value is -2.14. The van der Waals surface area contributed by atoms with Crippen LogP contribution < -0.4 is 10.6 Å². The molecular weight excluding hydrogens is 526 g/mol. The van der Waals surface area contributed by atoms with Gasteiger partial charge in [-0.2, -0.15) is 0 Å². The summed E-state index contributed by atoms with van der Waals surface area (Å²) in [5.74, 6) is -1.05. The highest BCUT2D eigenvalue weighted by Gasteiger charge is 2.68. The van der Waals surface area contributed by atoms with Crippen molar-refractivity contribution in [2.75, 3.05) is 39.5 Å². The Morgan fingerprint density at radius 1 is 1.17 bits per heavy atom. The Bertz CT molecular complexity index is 1090. The molecule has 0 aromatic carbocycles. The van der Waals surface area contributed by atoms with Gasteiger partial charge in [-0.25, -0.2) is 0 Å². The van der Waals surface area contributed by atoms with E-state index in [4.69, 9.17) is 4.74 Å². The van der Waals surface area contributed by atoms with Crippen molar-refractivity contribution in [2.45, 2.75) is 89.8 Å². The number of nitrogens with one attached hydrogen (secondary N) is 2. The van der Waals surface area contributed by atoms with Gasteiger partial charge >= 0.3 is 5.97 Å². The summed E-state index contributed by atoms with van der Waals surface area (Å²) in [4.78, 5) is 52.3. The van der Waals surface area contributed by atoms with Crippen molar-refractivity contribution in [2.24, 2.45) is 28.6 Å². The third kappa shape index (κ3) is 5.65. The Labute approximate surface area is 242 Å². The van der Waals surface area contributed by atoms with E-state index in [-0.39, 0.29) is 54.1 Å². The first-order chi connectivity index (χ1) is 19.5. The topological polar surface area (TPSA) is 145 Å². The van der Waals surface area contributed by atoms with Crippen LogP contribution in [0, 0.1) is 28.6 Å². The molecule has 4 aliphatic carbocycles. The summed E-state index contributed by atoms with van der Waals surface area (Å²) in [6.45, 7) is 7.85. The average Bonchev–Trinajstić information content (AvgIpc) is 3.55. The number of Topliss-reactive ketones (excluding diaryl/α,β-unsaturated/α-hetero) is 1. The van der Waals surface area contributed by atoms with E-state index in [1.54, 1.807) is 6.08 Å². The van der Waals surface area contributed by atoms with E-state index < -0.39 is 35.5 Å². The zero-order valence-corrected chi connectivity index (χ0v) is 24.6. The van der Waals surface area contributed by atoms with Crippen molar-refractivity contribution in [3.8, 4) is 0 Å². The van der Waals surface area contributed by atoms with Gasteiger partial charge in [0.05, 0.1) is 12.5 Å². The number of allylic oxidation sites excluding steroid dienone is 1. The largest absolute Gasteiger partial charge is 0.458 e. The van der Waals surface area contributed by atoms with Gasteiger partial charge in [-0.1, -0.05) is 19.4 Å². The monoisotopic (exact) mass is 573 g/mol. The van der Waals surface area contributed by atoms with E-state index in [9.17, 15) is 29.4 Å². The van der Waals surface area contributed by atoms with Gasteiger partial charge < -0.3 is 25.6 Å². The third-order valence-electron chi connectivity index (χ3n) is 11.3. The lowest BCUT2D eigenvalue weighted by Gasteiger charge is -2.60. The molecule has 5 aliphatic rings. The number of hydrogen-bond donors (Lipinski definition) is 4. The number of rotatable bonds is 10. The molecule has 1 aliphatic heterocycles. The molecule has 1 amide bonds. The predicted octanol–water partition coefficient (Wildman–Crippen LogP) is 1.48. The molecular formula is C31H47N3O7. The molecule has 0 aromatic rings. The normalized spacial score (nSPS) is 38.4. The van der Waals surface area contributed by atoms with Crippen LogP contribution in [0.15, 0.2) is 11.6 Å². The number of esters is 1. The lowest BCUT2D eigenvalue weighted by molar-refractivity contribution is -0.184. The van der Waals surface area contributed by atoms with E-state index in [0.717, 1.165) is 57.6 Å². The smallest absolute Gasteiger partial charge is 0.306 e. The molecule has 5 rings (SSSR count). The minimum absolute atomic E-state index is 0.00710. The summed E-state index contributed by atoms with van der Waals surface area (Å²) in [5.41, 5.74) is -1.62. The number of hydrogen-bond acceptors (Lipinski definition) is 9. The standard InChI is InChI=1S/C31H47N3O7/c1-29-10-8-21(35)16-20(29)4-5-22-23-9-11-31(40,30(23,2)17-24(36)28(22)29)25(37)18-41-27(39)7-6-26(38)33-12-3-14-34-15-13-32-19-34/h16,22-24,28,32,36,40H,3-15,17-19H2,1-2H3,(H,33,38)/t22-,23+,24+,28-,29+,30-,31+/m1/s1. The highest BCUT2D eigenvalue weighted by atomic mass is 16.5. The number of ether oxygens (including phenoxy) is 1. The van der Waals surface area contributed by atoms with Crippen LogP contribution >= 0.6 is 0 Å². The van der Waals surface area contributed by atoms with Gasteiger partial charge in [0.15, 0.2) is 12.4 Å². The van der Waals surface area contributed by atoms with E-state index in [0.29, 0.717) is 25.8 Å². The minimum atomic E-state index is -1.69. The zero-order valence-electron chi connectivity index (χ0n) is 24.6. The summed E-state index contributed by atoms with van der Waals surface area (Å²) in [5, 5.41) is 29.4. The van der Waals surface area contributed by atoms with Crippen molar-refractivity contribution in [1.29, 1.82) is 0 Å². The Morgan fingerprint density at radius 3 is 2.73 bits per heavy atom. The van der Waals surface area contributed by atoms with Gasteiger partial charge in [0, 0.05) is 51.1 Å². The zero-order chi connectivity index (χ0) is 29.4. The predicted molar refractivity (Wildman–Crippen MR) is 150 cm³/mol. The number of nitrogens with zero attached hydrogens (tertiary/aromatic N) is 1. The molecule has 10 nitrogen and oxygen atoms in total. The number of aliphatic hydroxyl groups is 2. The van der Waals surface area contributed by atoms with Crippen LogP contribution in [0.1, 0.15) is 78.1 Å². The van der Waals surface area contributed by atoms with Crippen LogP contribution in [0.2, 0.25) is 0 Å². The molecule has 0 unspecified atom stereocenters. The lowest BCUT2D eigenvalue weighted by atomic mass is 9.45. The third-order valence-corrected chi connectivity index (χ3v) is 11.3. The van der Waals surface area contributed by atoms with E-state index in [2.05, 4.69) is 22.5 Å². The highest BCUT2D eigenvalue weighted by Crippen LogP contribution is 2.67. The number of aliphatic hydroxyl groups excluding tert-OH is 1. The summed E-state index contributed by atoms with van der Waals surface area (Å²) < 4.78 is 5.24. The molecule has 4 fully saturated rings. The van der Waals surface area contributed by atoms with Gasteiger partial charge in [-0.15, -0.1) is 0 Å². The summed E-state index contributed by atoms with van der Waals surface area (Å²) in [7, 11) is 0. The molecule has 7 atom stereocenters. The fraction of sp³-hybridized carbons (Fsp3) is 0.806. The number of carbonyl (C=O) groups excluding carboxylic acids is 4. The Kier molecular flexibility index (Phi) is 8.77. The molecule has 1 saturated heterocycles. The second-order valence-electron chi connectivity index (χ2n) is 13.5. The quantitative estimate of drug-likeness (QED) is 0.226. The number of carbonyl (C=O) groups is 4. The van der Waals surface area contributed by atoms with Crippen molar-refractivity contribution in [3.63, 3.8) is 0 Å². The van der Waals surface area contributed by atoms with Crippen molar-refractivity contribution >= 4 is 23.4 Å². The second kappa shape index (κ2) is 11.9. The van der Waals surface area contributed by atoms with Gasteiger partial charge in [0.1, 0.15) is 5.60 Å². The fourth-order valence-corrected chi connectivity index (χ4v) is 9.07. The number of amides is 1. The van der Waals surface area contributed by atoms with Gasteiger partial charge in [0.2, 0.25) is 11.7 Å². The van der Waals surface area contributed by atoms with E-state index >= 15 is 0 Å². The molecule has 3 saturated carbocycles. The van der Waals surface area contributed by atoms with Crippen LogP contribution in [0.4, 0.5) is 0 Å². The molecule has 41 heavy (non-hydrogen) atoms. The summed E-state index contributed by atoms with van der Waals surface area (Å²) in [6.07, 6.45) is 5.86. The van der Waals surface area contributed by atoms with Crippen LogP contribution in [-0.4, -0.2) is 89.7 Å². The molecule has 10 heteroatoms. The lowest BCUT2D eigenvalue weighted by Crippen LogP contribution is -2.62.